The standard InChI is InChI=1S/C17H19N3O3/c1-3-11(2)17(22)20-13-7-8-15(19-10-13)23-14-6-4-5-12(9-14)16(18)21/h4-11H,3H2,1-2H3,(H2,18,21)(H,20,22)/t11-/m1/s1. The Morgan fingerprint density at radius 1 is 1.30 bits per heavy atom. The maximum atomic E-state index is 11.8. The van der Waals surface area contributed by atoms with E-state index in [1.165, 1.54) is 6.20 Å². The van der Waals surface area contributed by atoms with Gasteiger partial charge in [0.25, 0.3) is 0 Å². The monoisotopic (exact) mass is 313 g/mol. The van der Waals surface area contributed by atoms with Gasteiger partial charge in [0.15, 0.2) is 0 Å². The number of amides is 2. The molecule has 0 unspecified atom stereocenters. The number of primary amides is 1. The summed E-state index contributed by atoms with van der Waals surface area (Å²) in [7, 11) is 0. The van der Waals surface area contributed by atoms with Crippen LogP contribution < -0.4 is 15.8 Å². The normalized spacial score (nSPS) is 11.6. The number of carbonyl (C=O) groups is 2. The Morgan fingerprint density at radius 3 is 2.70 bits per heavy atom. The van der Waals surface area contributed by atoms with Gasteiger partial charge in [-0.1, -0.05) is 19.9 Å². The molecule has 1 aromatic heterocycles. The smallest absolute Gasteiger partial charge is 0.248 e. The maximum Gasteiger partial charge on any atom is 0.248 e. The molecule has 3 N–H and O–H groups in total. The Hall–Kier alpha value is -2.89. The molecule has 6 heteroatoms. The van der Waals surface area contributed by atoms with E-state index in [1.807, 2.05) is 13.8 Å². The second kappa shape index (κ2) is 7.40. The van der Waals surface area contributed by atoms with Crippen LogP contribution >= 0.6 is 0 Å². The fourth-order valence-electron chi connectivity index (χ4n) is 1.80. The van der Waals surface area contributed by atoms with Crippen molar-refractivity contribution in [1.82, 2.24) is 4.98 Å². The second-order valence-electron chi connectivity index (χ2n) is 5.18. The molecular formula is C17H19N3O3. The van der Waals surface area contributed by atoms with Gasteiger partial charge in [0.05, 0.1) is 11.9 Å². The Balaban J connectivity index is 2.04. The average Bonchev–Trinajstić information content (AvgIpc) is 2.56. The predicted octanol–water partition coefficient (Wildman–Crippen LogP) is 2.96. The minimum absolute atomic E-state index is 0.0443. The number of ether oxygens (including phenoxy) is 1. The molecule has 23 heavy (non-hydrogen) atoms. The Kier molecular flexibility index (Phi) is 5.30. The van der Waals surface area contributed by atoms with Crippen molar-refractivity contribution in [2.45, 2.75) is 20.3 Å². The molecule has 0 fully saturated rings. The summed E-state index contributed by atoms with van der Waals surface area (Å²) in [5.74, 6) is 0.199. The zero-order valence-electron chi connectivity index (χ0n) is 13.1. The van der Waals surface area contributed by atoms with Crippen LogP contribution in [0, 0.1) is 5.92 Å². The van der Waals surface area contributed by atoms with Crippen LogP contribution in [0.15, 0.2) is 42.6 Å². The number of carbonyl (C=O) groups excluding carboxylic acids is 2. The molecular weight excluding hydrogens is 294 g/mol. The molecule has 0 spiro atoms. The number of nitrogens with two attached hydrogens (primary N) is 1. The third kappa shape index (κ3) is 4.54. The minimum Gasteiger partial charge on any atom is -0.439 e. The summed E-state index contributed by atoms with van der Waals surface area (Å²) in [5.41, 5.74) is 6.19. The van der Waals surface area contributed by atoms with Crippen molar-refractivity contribution in [3.63, 3.8) is 0 Å². The van der Waals surface area contributed by atoms with Gasteiger partial charge >= 0.3 is 0 Å². The van der Waals surface area contributed by atoms with Gasteiger partial charge in [-0.15, -0.1) is 0 Å². The Labute approximate surface area is 134 Å². The summed E-state index contributed by atoms with van der Waals surface area (Å²) in [5, 5.41) is 2.79. The number of anilines is 1. The van der Waals surface area contributed by atoms with Gasteiger partial charge in [-0.3, -0.25) is 9.59 Å². The summed E-state index contributed by atoms with van der Waals surface area (Å²) < 4.78 is 5.57. The SMILES string of the molecule is CC[C@@H](C)C(=O)Nc1ccc(Oc2cccc(C(N)=O)c2)nc1. The first-order valence-electron chi connectivity index (χ1n) is 7.34. The average molecular weight is 313 g/mol. The Morgan fingerprint density at radius 2 is 2.09 bits per heavy atom. The lowest BCUT2D eigenvalue weighted by molar-refractivity contribution is -0.119. The van der Waals surface area contributed by atoms with Crippen LogP contribution in [0.3, 0.4) is 0 Å². The first kappa shape index (κ1) is 16.5. The zero-order chi connectivity index (χ0) is 16.8. The van der Waals surface area contributed by atoms with E-state index in [0.29, 0.717) is 22.9 Å². The van der Waals surface area contributed by atoms with Crippen LogP contribution in [0.1, 0.15) is 30.6 Å². The van der Waals surface area contributed by atoms with Crippen molar-refractivity contribution in [1.29, 1.82) is 0 Å². The molecule has 2 amide bonds. The third-order valence-corrected chi connectivity index (χ3v) is 3.40. The van der Waals surface area contributed by atoms with Crippen molar-refractivity contribution in [2.75, 3.05) is 5.32 Å². The van der Waals surface area contributed by atoms with Gasteiger partial charge in [-0.05, 0) is 30.7 Å². The van der Waals surface area contributed by atoms with E-state index in [1.54, 1.807) is 36.4 Å². The number of benzene rings is 1. The largest absolute Gasteiger partial charge is 0.439 e. The lowest BCUT2D eigenvalue weighted by atomic mass is 10.1. The molecule has 0 radical (unpaired) electrons. The first-order valence-corrected chi connectivity index (χ1v) is 7.34. The molecule has 1 heterocycles. The number of hydrogen-bond donors (Lipinski definition) is 2. The van der Waals surface area contributed by atoms with E-state index in [0.717, 1.165) is 6.42 Å². The molecule has 0 aliphatic rings. The molecule has 0 aliphatic carbocycles. The molecule has 1 aromatic carbocycles. The molecule has 120 valence electrons. The number of nitrogens with zero attached hydrogens (tertiary/aromatic N) is 1. The highest BCUT2D eigenvalue weighted by Gasteiger charge is 2.11. The molecule has 2 aromatic rings. The van der Waals surface area contributed by atoms with Crippen molar-refractivity contribution >= 4 is 17.5 Å². The summed E-state index contributed by atoms with van der Waals surface area (Å²) in [6.45, 7) is 3.83. The van der Waals surface area contributed by atoms with Crippen LogP contribution in [0.4, 0.5) is 5.69 Å². The first-order chi connectivity index (χ1) is 11.0. The third-order valence-electron chi connectivity index (χ3n) is 3.40. The van der Waals surface area contributed by atoms with Crippen LogP contribution in [0.5, 0.6) is 11.6 Å². The summed E-state index contributed by atoms with van der Waals surface area (Å²) >= 11 is 0. The predicted molar refractivity (Wildman–Crippen MR) is 87.4 cm³/mol. The fourth-order valence-corrected chi connectivity index (χ4v) is 1.80. The number of rotatable bonds is 6. The van der Waals surface area contributed by atoms with Crippen molar-refractivity contribution in [3.8, 4) is 11.6 Å². The summed E-state index contributed by atoms with van der Waals surface area (Å²) in [6, 6.07) is 9.88. The lowest BCUT2D eigenvalue weighted by Crippen LogP contribution is -2.19. The van der Waals surface area contributed by atoms with Crippen LogP contribution in [-0.2, 0) is 4.79 Å². The Bertz CT molecular complexity index is 698. The van der Waals surface area contributed by atoms with Gasteiger partial charge in [0.1, 0.15) is 5.75 Å². The van der Waals surface area contributed by atoms with Gasteiger partial charge < -0.3 is 15.8 Å². The number of pyridine rings is 1. The molecule has 2 rings (SSSR count). The fraction of sp³-hybridized carbons (Fsp3) is 0.235. The molecule has 1 atom stereocenters. The van der Waals surface area contributed by atoms with Crippen molar-refractivity contribution in [2.24, 2.45) is 11.7 Å². The van der Waals surface area contributed by atoms with E-state index < -0.39 is 5.91 Å². The van der Waals surface area contributed by atoms with Crippen LogP contribution in [-0.4, -0.2) is 16.8 Å². The maximum absolute atomic E-state index is 11.8. The van der Waals surface area contributed by atoms with Gasteiger partial charge in [0, 0.05) is 17.5 Å². The molecule has 0 saturated heterocycles. The van der Waals surface area contributed by atoms with E-state index in [-0.39, 0.29) is 11.8 Å². The quantitative estimate of drug-likeness (QED) is 0.857. The second-order valence-corrected chi connectivity index (χ2v) is 5.18. The topological polar surface area (TPSA) is 94.3 Å². The number of hydrogen-bond acceptors (Lipinski definition) is 4. The minimum atomic E-state index is -0.522. The molecule has 0 saturated carbocycles. The summed E-state index contributed by atoms with van der Waals surface area (Å²) in [6.07, 6.45) is 2.30. The van der Waals surface area contributed by atoms with Crippen molar-refractivity contribution < 1.29 is 14.3 Å². The molecule has 6 nitrogen and oxygen atoms in total. The van der Waals surface area contributed by atoms with Gasteiger partial charge in [-0.2, -0.15) is 0 Å². The number of nitrogens with one attached hydrogen (secondary N) is 1. The van der Waals surface area contributed by atoms with E-state index in [4.69, 9.17) is 10.5 Å². The highest BCUT2D eigenvalue weighted by Crippen LogP contribution is 2.21. The van der Waals surface area contributed by atoms with E-state index in [9.17, 15) is 9.59 Å². The van der Waals surface area contributed by atoms with Crippen LogP contribution in [0.2, 0.25) is 0 Å². The highest BCUT2D eigenvalue weighted by molar-refractivity contribution is 5.93. The lowest BCUT2D eigenvalue weighted by Gasteiger charge is -2.10. The van der Waals surface area contributed by atoms with Crippen LogP contribution in [0.25, 0.3) is 0 Å². The van der Waals surface area contributed by atoms with E-state index >= 15 is 0 Å². The molecule has 0 aliphatic heterocycles. The summed E-state index contributed by atoms with van der Waals surface area (Å²) in [4.78, 5) is 27.1. The highest BCUT2D eigenvalue weighted by atomic mass is 16.5. The molecule has 0 bridgehead atoms. The van der Waals surface area contributed by atoms with E-state index in [2.05, 4.69) is 10.3 Å². The van der Waals surface area contributed by atoms with Crippen molar-refractivity contribution in [3.05, 3.63) is 48.2 Å². The number of aromatic nitrogens is 1. The van der Waals surface area contributed by atoms with Gasteiger partial charge in [-0.25, -0.2) is 4.98 Å². The zero-order valence-corrected chi connectivity index (χ0v) is 13.1. The van der Waals surface area contributed by atoms with Gasteiger partial charge in [0.2, 0.25) is 17.7 Å².